The number of hydrogen-bond acceptors (Lipinski definition) is 5. The van der Waals surface area contributed by atoms with Crippen LogP contribution in [0.25, 0.3) is 5.76 Å². The van der Waals surface area contributed by atoms with Crippen LogP contribution in [0.4, 0.5) is 0 Å². The first-order valence-electron chi connectivity index (χ1n) is 13.1. The number of benzene rings is 2. The molecule has 200 valence electrons. The molecule has 1 fully saturated rings. The van der Waals surface area contributed by atoms with Gasteiger partial charge in [0.25, 0.3) is 11.7 Å². The average molecular weight is 507 g/mol. The Labute approximate surface area is 221 Å². The number of carbonyl (C=O) groups excluding carboxylic acids is 2. The maximum Gasteiger partial charge on any atom is 0.295 e. The van der Waals surface area contributed by atoms with E-state index in [1.807, 2.05) is 57.4 Å². The highest BCUT2D eigenvalue weighted by molar-refractivity contribution is 6.46. The fraction of sp³-hybridized carbons (Fsp3) is 0.484. The molecule has 0 saturated carbocycles. The fourth-order valence-corrected chi connectivity index (χ4v) is 4.55. The molecule has 6 heteroatoms. The van der Waals surface area contributed by atoms with Gasteiger partial charge in [-0.2, -0.15) is 0 Å². The van der Waals surface area contributed by atoms with Crippen LogP contribution in [0.3, 0.4) is 0 Å². The molecule has 1 atom stereocenters. The van der Waals surface area contributed by atoms with Crippen LogP contribution in [0.2, 0.25) is 0 Å². The smallest absolute Gasteiger partial charge is 0.295 e. The molecular formula is C31H42N2O4. The van der Waals surface area contributed by atoms with E-state index >= 15 is 0 Å². The summed E-state index contributed by atoms with van der Waals surface area (Å²) >= 11 is 0. The molecule has 37 heavy (non-hydrogen) atoms. The summed E-state index contributed by atoms with van der Waals surface area (Å²) in [5.41, 5.74) is 3.44. The maximum atomic E-state index is 13.3. The second-order valence-corrected chi connectivity index (χ2v) is 11.7. The van der Waals surface area contributed by atoms with E-state index in [0.717, 1.165) is 35.4 Å². The Kier molecular flexibility index (Phi) is 8.85. The number of aryl methyl sites for hydroxylation is 1. The van der Waals surface area contributed by atoms with Crippen LogP contribution in [0.15, 0.2) is 48.0 Å². The number of aliphatic hydroxyl groups is 1. The summed E-state index contributed by atoms with van der Waals surface area (Å²) in [6.07, 6.45) is 0.720. The minimum atomic E-state index is -0.648. The summed E-state index contributed by atoms with van der Waals surface area (Å²) in [7, 11) is 3.96. The normalized spacial score (nSPS) is 17.8. The molecule has 6 nitrogen and oxygen atoms in total. The lowest BCUT2D eigenvalue weighted by molar-refractivity contribution is -0.139. The summed E-state index contributed by atoms with van der Waals surface area (Å²) in [5, 5.41) is 11.4. The largest absolute Gasteiger partial charge is 0.507 e. The molecule has 0 aromatic heterocycles. The standard InChI is InChI=1S/C31H42N2O4/c1-20(2)19-37-25-15-12-23(18-21(25)3)28(34)26-27(22-10-13-24(14-11-22)31(4,5)6)33(30(36)29(26)35)17-9-16-32(7)8/h10-15,18,20,27,34H,9,16-17,19H2,1-8H3/b28-26+. The third kappa shape index (κ3) is 6.61. The first-order valence-corrected chi connectivity index (χ1v) is 13.1. The number of ether oxygens (including phenoxy) is 1. The van der Waals surface area contributed by atoms with Crippen molar-refractivity contribution in [3.63, 3.8) is 0 Å². The zero-order valence-corrected chi connectivity index (χ0v) is 23.6. The number of likely N-dealkylation sites (tertiary alicyclic amines) is 1. The van der Waals surface area contributed by atoms with E-state index in [4.69, 9.17) is 4.74 Å². The van der Waals surface area contributed by atoms with Crippen molar-refractivity contribution in [1.29, 1.82) is 0 Å². The number of rotatable bonds is 9. The highest BCUT2D eigenvalue weighted by atomic mass is 16.5. The summed E-state index contributed by atoms with van der Waals surface area (Å²) < 4.78 is 5.88. The van der Waals surface area contributed by atoms with Gasteiger partial charge in [-0.1, -0.05) is 58.9 Å². The van der Waals surface area contributed by atoms with E-state index in [2.05, 4.69) is 39.5 Å². The highest BCUT2D eigenvalue weighted by Gasteiger charge is 2.45. The van der Waals surface area contributed by atoms with Crippen LogP contribution in [0.5, 0.6) is 5.75 Å². The van der Waals surface area contributed by atoms with Gasteiger partial charge in [0, 0.05) is 12.1 Å². The van der Waals surface area contributed by atoms with Gasteiger partial charge in [0.1, 0.15) is 11.5 Å². The van der Waals surface area contributed by atoms with Crippen molar-refractivity contribution < 1.29 is 19.4 Å². The van der Waals surface area contributed by atoms with Crippen molar-refractivity contribution in [3.05, 3.63) is 70.3 Å². The van der Waals surface area contributed by atoms with Crippen LogP contribution in [-0.4, -0.2) is 60.4 Å². The van der Waals surface area contributed by atoms with Crippen molar-refractivity contribution in [2.45, 2.75) is 59.4 Å². The van der Waals surface area contributed by atoms with Crippen molar-refractivity contribution in [1.82, 2.24) is 9.80 Å². The Morgan fingerprint density at radius 3 is 2.27 bits per heavy atom. The molecule has 1 N–H and O–H groups in total. The minimum Gasteiger partial charge on any atom is -0.507 e. The average Bonchev–Trinajstić information content (AvgIpc) is 3.07. The van der Waals surface area contributed by atoms with Gasteiger partial charge in [0.15, 0.2) is 0 Å². The lowest BCUT2D eigenvalue weighted by Gasteiger charge is -2.27. The fourth-order valence-electron chi connectivity index (χ4n) is 4.55. The van der Waals surface area contributed by atoms with E-state index in [1.54, 1.807) is 11.0 Å². The predicted octanol–water partition coefficient (Wildman–Crippen LogP) is 5.70. The van der Waals surface area contributed by atoms with Crippen LogP contribution in [-0.2, 0) is 15.0 Å². The number of ketones is 1. The van der Waals surface area contributed by atoms with E-state index < -0.39 is 17.7 Å². The van der Waals surface area contributed by atoms with E-state index in [1.165, 1.54) is 0 Å². The Balaban J connectivity index is 2.06. The Bertz CT molecular complexity index is 1160. The van der Waals surface area contributed by atoms with Gasteiger partial charge in [0.2, 0.25) is 0 Å². The maximum absolute atomic E-state index is 13.3. The van der Waals surface area contributed by atoms with E-state index in [0.29, 0.717) is 24.6 Å². The van der Waals surface area contributed by atoms with Gasteiger partial charge >= 0.3 is 0 Å². The summed E-state index contributed by atoms with van der Waals surface area (Å²) in [6, 6.07) is 12.7. The van der Waals surface area contributed by atoms with Gasteiger partial charge in [-0.05, 0) is 80.2 Å². The second kappa shape index (κ2) is 11.5. The first kappa shape index (κ1) is 28.5. The Hall–Kier alpha value is -3.12. The number of nitrogens with zero attached hydrogens (tertiary/aromatic N) is 2. The Morgan fingerprint density at radius 2 is 1.73 bits per heavy atom. The number of hydrogen-bond donors (Lipinski definition) is 1. The molecule has 1 heterocycles. The van der Waals surface area contributed by atoms with Gasteiger partial charge in [0.05, 0.1) is 18.2 Å². The topological polar surface area (TPSA) is 70.1 Å². The van der Waals surface area contributed by atoms with Gasteiger partial charge < -0.3 is 19.6 Å². The van der Waals surface area contributed by atoms with Gasteiger partial charge in [-0.3, -0.25) is 9.59 Å². The molecule has 3 rings (SSSR count). The van der Waals surface area contributed by atoms with Crippen LogP contribution < -0.4 is 4.74 Å². The zero-order valence-electron chi connectivity index (χ0n) is 23.6. The summed E-state index contributed by atoms with van der Waals surface area (Å²) in [4.78, 5) is 30.2. The molecule has 1 saturated heterocycles. The summed E-state index contributed by atoms with van der Waals surface area (Å²) in [5.74, 6) is -0.245. The van der Waals surface area contributed by atoms with Gasteiger partial charge in [-0.15, -0.1) is 0 Å². The lowest BCUT2D eigenvalue weighted by atomic mass is 9.85. The summed E-state index contributed by atoms with van der Waals surface area (Å²) in [6.45, 7) is 14.3. The molecule has 0 bridgehead atoms. The third-order valence-electron chi connectivity index (χ3n) is 6.66. The first-order chi connectivity index (χ1) is 17.3. The molecule has 2 aromatic rings. The molecule has 0 radical (unpaired) electrons. The highest BCUT2D eigenvalue weighted by Crippen LogP contribution is 2.40. The monoisotopic (exact) mass is 506 g/mol. The predicted molar refractivity (Wildman–Crippen MR) is 149 cm³/mol. The molecular weight excluding hydrogens is 464 g/mol. The number of carbonyl (C=O) groups is 2. The van der Waals surface area contributed by atoms with Crippen molar-refractivity contribution in [3.8, 4) is 5.75 Å². The molecule has 0 spiro atoms. The molecule has 1 aliphatic rings. The third-order valence-corrected chi connectivity index (χ3v) is 6.66. The molecule has 1 amide bonds. The van der Waals surface area contributed by atoms with Crippen LogP contribution >= 0.6 is 0 Å². The van der Waals surface area contributed by atoms with E-state index in [-0.39, 0.29) is 16.7 Å². The number of aliphatic hydroxyl groups excluding tert-OH is 1. The molecule has 1 unspecified atom stereocenters. The van der Waals surface area contributed by atoms with Gasteiger partial charge in [-0.25, -0.2) is 0 Å². The van der Waals surface area contributed by atoms with Crippen molar-refractivity contribution >= 4 is 17.4 Å². The number of amides is 1. The Morgan fingerprint density at radius 1 is 1.08 bits per heavy atom. The van der Waals surface area contributed by atoms with E-state index in [9.17, 15) is 14.7 Å². The lowest BCUT2D eigenvalue weighted by Crippen LogP contribution is -2.32. The van der Waals surface area contributed by atoms with Crippen LogP contribution in [0, 0.1) is 12.8 Å². The molecule has 1 aliphatic heterocycles. The second-order valence-electron chi connectivity index (χ2n) is 11.7. The van der Waals surface area contributed by atoms with Crippen molar-refractivity contribution in [2.75, 3.05) is 33.8 Å². The zero-order chi connectivity index (χ0) is 27.5. The minimum absolute atomic E-state index is 0.0248. The van der Waals surface area contributed by atoms with Crippen LogP contribution in [0.1, 0.15) is 69.3 Å². The van der Waals surface area contributed by atoms with Crippen molar-refractivity contribution in [2.24, 2.45) is 5.92 Å². The SMILES string of the molecule is Cc1cc(/C(O)=C2\C(=O)C(=O)N(CCCN(C)C)C2c2ccc(C(C)(C)C)cc2)ccc1OCC(C)C. The molecule has 0 aliphatic carbocycles. The molecule has 2 aromatic carbocycles. The number of Topliss-reactive ketones (excluding diaryl/α,β-unsaturated/α-hetero) is 1. The quantitative estimate of drug-likeness (QED) is 0.268.